The van der Waals surface area contributed by atoms with Crippen molar-refractivity contribution in [2.45, 2.75) is 12.8 Å². The molecule has 0 aliphatic heterocycles. The number of hydrogen-bond donors (Lipinski definition) is 1. The second kappa shape index (κ2) is 2.76. The molecule has 1 aromatic carbocycles. The van der Waals surface area contributed by atoms with Crippen LogP contribution in [0.2, 0.25) is 0 Å². The van der Waals surface area contributed by atoms with Crippen molar-refractivity contribution in [2.75, 3.05) is 6.54 Å². The molecule has 1 aromatic rings. The Morgan fingerprint density at radius 1 is 1.33 bits per heavy atom. The summed E-state index contributed by atoms with van der Waals surface area (Å²) in [6.07, 6.45) is 2.25. The quantitative estimate of drug-likeness (QED) is 0.667. The molecule has 0 bridgehead atoms. The van der Waals surface area contributed by atoms with Gasteiger partial charge in [-0.15, -0.1) is 0 Å². The number of nitrogens with two attached hydrogens (primary N) is 1. The van der Waals surface area contributed by atoms with E-state index in [1.165, 1.54) is 16.7 Å². The second-order valence-corrected chi connectivity index (χ2v) is 3.27. The zero-order valence-electron chi connectivity index (χ0n) is 7.25. The van der Waals surface area contributed by atoms with Gasteiger partial charge < -0.3 is 5.73 Å². The summed E-state index contributed by atoms with van der Waals surface area (Å²) in [4.78, 5) is 0. The molecular weight excluding hydrogens is 146 g/mol. The van der Waals surface area contributed by atoms with Gasteiger partial charge in [0, 0.05) is 12.5 Å². The molecule has 0 spiro atoms. The first kappa shape index (κ1) is 7.56. The fourth-order valence-corrected chi connectivity index (χ4v) is 1.85. The van der Waals surface area contributed by atoms with Gasteiger partial charge in [-0.05, 0) is 16.7 Å². The molecule has 0 radical (unpaired) electrons. The third-order valence-corrected chi connectivity index (χ3v) is 2.47. The summed E-state index contributed by atoms with van der Waals surface area (Å²) in [6.45, 7) is 2.86. The fraction of sp³-hybridized carbons (Fsp3) is 0.273. The first-order chi connectivity index (χ1) is 5.83. The monoisotopic (exact) mass is 159 g/mol. The van der Waals surface area contributed by atoms with E-state index in [1.807, 2.05) is 0 Å². The van der Waals surface area contributed by atoms with E-state index >= 15 is 0 Å². The van der Waals surface area contributed by atoms with Gasteiger partial charge in [-0.25, -0.2) is 0 Å². The first-order valence-electron chi connectivity index (χ1n) is 4.33. The Hall–Kier alpha value is -1.08. The van der Waals surface area contributed by atoms with Crippen LogP contribution in [0.3, 0.4) is 0 Å². The lowest BCUT2D eigenvalue weighted by Crippen LogP contribution is -2.00. The van der Waals surface area contributed by atoms with E-state index < -0.39 is 0 Å². The number of fused-ring (bicyclic) bond motifs is 1. The average Bonchev–Trinajstić information content (AvgIpc) is 2.44. The molecule has 1 atom stereocenters. The minimum absolute atomic E-state index is 0.541. The SMILES string of the molecule is CC1C=C(CN)c2ccccc21. The molecule has 12 heavy (non-hydrogen) atoms. The van der Waals surface area contributed by atoms with Gasteiger partial charge in [0.25, 0.3) is 0 Å². The zero-order valence-corrected chi connectivity index (χ0v) is 7.25. The van der Waals surface area contributed by atoms with Crippen molar-refractivity contribution in [3.8, 4) is 0 Å². The molecule has 62 valence electrons. The highest BCUT2D eigenvalue weighted by molar-refractivity contribution is 5.75. The molecule has 0 amide bonds. The summed E-state index contributed by atoms with van der Waals surface area (Å²) in [5.41, 5.74) is 9.69. The second-order valence-electron chi connectivity index (χ2n) is 3.27. The van der Waals surface area contributed by atoms with Crippen molar-refractivity contribution in [3.05, 3.63) is 41.5 Å². The van der Waals surface area contributed by atoms with Crippen molar-refractivity contribution in [1.82, 2.24) is 0 Å². The topological polar surface area (TPSA) is 26.0 Å². The van der Waals surface area contributed by atoms with Crippen LogP contribution in [0, 0.1) is 0 Å². The van der Waals surface area contributed by atoms with Gasteiger partial charge in [0.2, 0.25) is 0 Å². The van der Waals surface area contributed by atoms with Crippen LogP contribution < -0.4 is 5.73 Å². The Kier molecular flexibility index (Phi) is 1.74. The molecule has 0 saturated carbocycles. The van der Waals surface area contributed by atoms with Gasteiger partial charge in [-0.2, -0.15) is 0 Å². The van der Waals surface area contributed by atoms with Crippen molar-refractivity contribution in [1.29, 1.82) is 0 Å². The lowest BCUT2D eigenvalue weighted by Gasteiger charge is -2.03. The van der Waals surface area contributed by atoms with Crippen molar-refractivity contribution < 1.29 is 0 Å². The summed E-state index contributed by atoms with van der Waals surface area (Å²) in [7, 11) is 0. The molecule has 2 N–H and O–H groups in total. The Balaban J connectivity index is 2.53. The van der Waals surface area contributed by atoms with Crippen LogP contribution in [-0.4, -0.2) is 6.54 Å². The normalized spacial score (nSPS) is 20.5. The van der Waals surface area contributed by atoms with Crippen LogP contribution >= 0.6 is 0 Å². The van der Waals surface area contributed by atoms with E-state index in [0.29, 0.717) is 12.5 Å². The highest BCUT2D eigenvalue weighted by Gasteiger charge is 2.17. The number of allylic oxidation sites excluding steroid dienone is 1. The Morgan fingerprint density at radius 2 is 2.08 bits per heavy atom. The predicted molar refractivity (Wildman–Crippen MR) is 51.9 cm³/mol. The fourth-order valence-electron chi connectivity index (χ4n) is 1.85. The lowest BCUT2D eigenvalue weighted by atomic mass is 10.0. The highest BCUT2D eigenvalue weighted by atomic mass is 14.5. The van der Waals surface area contributed by atoms with Gasteiger partial charge in [0.05, 0.1) is 0 Å². The minimum Gasteiger partial charge on any atom is -0.326 e. The summed E-state index contributed by atoms with van der Waals surface area (Å²) >= 11 is 0. The number of rotatable bonds is 1. The maximum atomic E-state index is 5.64. The van der Waals surface area contributed by atoms with Gasteiger partial charge in [-0.3, -0.25) is 0 Å². The van der Waals surface area contributed by atoms with Crippen LogP contribution in [0.1, 0.15) is 24.0 Å². The minimum atomic E-state index is 0.541. The molecule has 1 nitrogen and oxygen atoms in total. The Morgan fingerprint density at radius 3 is 2.83 bits per heavy atom. The van der Waals surface area contributed by atoms with E-state index in [1.54, 1.807) is 0 Å². The molecule has 0 heterocycles. The number of hydrogen-bond acceptors (Lipinski definition) is 1. The Labute approximate surface area is 72.9 Å². The van der Waals surface area contributed by atoms with E-state index in [2.05, 4.69) is 37.3 Å². The molecule has 1 heteroatoms. The maximum absolute atomic E-state index is 5.64. The molecule has 0 aromatic heterocycles. The van der Waals surface area contributed by atoms with Crippen molar-refractivity contribution in [3.63, 3.8) is 0 Å². The molecule has 0 fully saturated rings. The van der Waals surface area contributed by atoms with Crippen LogP contribution in [0.4, 0.5) is 0 Å². The molecule has 2 rings (SSSR count). The van der Waals surface area contributed by atoms with E-state index in [9.17, 15) is 0 Å². The number of benzene rings is 1. The summed E-state index contributed by atoms with van der Waals surface area (Å²) < 4.78 is 0. The lowest BCUT2D eigenvalue weighted by molar-refractivity contribution is 0.989. The van der Waals surface area contributed by atoms with E-state index in [-0.39, 0.29) is 0 Å². The zero-order chi connectivity index (χ0) is 8.55. The van der Waals surface area contributed by atoms with E-state index in [0.717, 1.165) is 0 Å². The van der Waals surface area contributed by atoms with Crippen molar-refractivity contribution >= 4 is 5.57 Å². The van der Waals surface area contributed by atoms with Gasteiger partial charge in [0.1, 0.15) is 0 Å². The summed E-state index contributed by atoms with van der Waals surface area (Å²) in [5, 5.41) is 0. The Bertz CT molecular complexity index is 326. The van der Waals surface area contributed by atoms with Crippen LogP contribution in [0.5, 0.6) is 0 Å². The van der Waals surface area contributed by atoms with Crippen molar-refractivity contribution in [2.24, 2.45) is 5.73 Å². The standard InChI is InChI=1S/C11H13N/c1-8-6-9(7-12)11-5-3-2-4-10(8)11/h2-6,8H,7,12H2,1H3. The third-order valence-electron chi connectivity index (χ3n) is 2.47. The maximum Gasteiger partial charge on any atom is 0.0181 e. The first-order valence-corrected chi connectivity index (χ1v) is 4.33. The van der Waals surface area contributed by atoms with Crippen LogP contribution in [0.25, 0.3) is 5.57 Å². The third kappa shape index (κ3) is 0.978. The molecule has 1 aliphatic carbocycles. The summed E-state index contributed by atoms with van der Waals surface area (Å²) in [5.74, 6) is 0.541. The largest absolute Gasteiger partial charge is 0.326 e. The summed E-state index contributed by atoms with van der Waals surface area (Å²) in [6, 6.07) is 8.49. The smallest absolute Gasteiger partial charge is 0.0181 e. The predicted octanol–water partition coefficient (Wildman–Crippen LogP) is 2.15. The molecule has 0 saturated heterocycles. The average molecular weight is 159 g/mol. The molecular formula is C11H13N. The molecule has 1 aliphatic rings. The van der Waals surface area contributed by atoms with Gasteiger partial charge in [0.15, 0.2) is 0 Å². The highest BCUT2D eigenvalue weighted by Crippen LogP contribution is 2.34. The van der Waals surface area contributed by atoms with Gasteiger partial charge >= 0.3 is 0 Å². The van der Waals surface area contributed by atoms with E-state index in [4.69, 9.17) is 5.73 Å². The molecule has 1 unspecified atom stereocenters. The van der Waals surface area contributed by atoms with Crippen LogP contribution in [-0.2, 0) is 0 Å². The van der Waals surface area contributed by atoms with Crippen LogP contribution in [0.15, 0.2) is 30.3 Å². The van der Waals surface area contributed by atoms with Gasteiger partial charge in [-0.1, -0.05) is 37.3 Å².